The summed E-state index contributed by atoms with van der Waals surface area (Å²) in [6.45, 7) is 9.46. The summed E-state index contributed by atoms with van der Waals surface area (Å²) in [4.78, 5) is 28.9. The van der Waals surface area contributed by atoms with Crippen LogP contribution in [0.4, 0.5) is 10.6 Å². The number of anilines is 1. The predicted octanol–water partition coefficient (Wildman–Crippen LogP) is 6.12. The minimum absolute atomic E-state index is 0.179. The lowest BCUT2D eigenvalue weighted by Gasteiger charge is -2.52. The quantitative estimate of drug-likeness (QED) is 0.264. The van der Waals surface area contributed by atoms with Crippen LogP contribution >= 0.6 is 0 Å². The molecule has 4 saturated heterocycles. The van der Waals surface area contributed by atoms with Gasteiger partial charge in [0.15, 0.2) is 5.65 Å². The number of nitrogens with zero attached hydrogens (tertiary/aromatic N) is 7. The van der Waals surface area contributed by atoms with Crippen LogP contribution < -0.4 is 10.5 Å². The number of amides is 1. The van der Waals surface area contributed by atoms with Crippen molar-refractivity contribution in [2.45, 2.75) is 95.1 Å². The van der Waals surface area contributed by atoms with E-state index < -0.39 is 5.60 Å². The smallest absolute Gasteiger partial charge is 0.410 e. The summed E-state index contributed by atoms with van der Waals surface area (Å²) in [5.41, 5.74) is 8.56. The topological polar surface area (TPSA) is 115 Å². The maximum absolute atomic E-state index is 12.5. The number of benzene rings is 2. The van der Waals surface area contributed by atoms with Crippen molar-refractivity contribution < 1.29 is 14.3 Å². The summed E-state index contributed by atoms with van der Waals surface area (Å²) in [5.74, 6) is 2.01. The van der Waals surface area contributed by atoms with Crippen LogP contribution in [0.25, 0.3) is 22.3 Å². The zero-order chi connectivity index (χ0) is 33.0. The molecule has 4 fully saturated rings. The lowest BCUT2D eigenvalue weighted by molar-refractivity contribution is -0.0479. The number of rotatable bonds is 6. The van der Waals surface area contributed by atoms with Crippen molar-refractivity contribution in [2.24, 2.45) is 0 Å². The van der Waals surface area contributed by atoms with E-state index in [1.165, 1.54) is 25.7 Å². The van der Waals surface area contributed by atoms with Gasteiger partial charge < -0.3 is 25.0 Å². The zero-order valence-electron chi connectivity index (χ0n) is 28.2. The SMILES string of the molecule is CC(C)(C)OC(=O)N1CC(N2C3CCC2CC(N2CCC(n4nc(-c5ccc(Oc6ccccc6)cc5)c5c(N)ncnc54)CC2)C3)C1. The van der Waals surface area contributed by atoms with E-state index in [1.54, 1.807) is 6.33 Å². The highest BCUT2D eigenvalue weighted by molar-refractivity contribution is 5.98. The third-order valence-corrected chi connectivity index (χ3v) is 10.7. The van der Waals surface area contributed by atoms with Gasteiger partial charge in [0.05, 0.1) is 11.4 Å². The molecule has 2 unspecified atom stereocenters. The van der Waals surface area contributed by atoms with Gasteiger partial charge in [0.25, 0.3) is 0 Å². The lowest BCUT2D eigenvalue weighted by atomic mass is 9.90. The summed E-state index contributed by atoms with van der Waals surface area (Å²) in [6, 6.07) is 20.3. The molecular formula is C37H46N8O3. The molecule has 252 valence electrons. The minimum atomic E-state index is -0.452. The number of piperidine rings is 2. The third-order valence-electron chi connectivity index (χ3n) is 10.7. The number of hydrogen-bond donors (Lipinski definition) is 1. The highest BCUT2D eigenvalue weighted by Gasteiger charge is 2.49. The Hall–Kier alpha value is -4.22. The van der Waals surface area contributed by atoms with E-state index in [9.17, 15) is 4.79 Å². The van der Waals surface area contributed by atoms with E-state index in [4.69, 9.17) is 20.3 Å². The molecule has 0 saturated carbocycles. The fourth-order valence-corrected chi connectivity index (χ4v) is 8.45. The summed E-state index contributed by atoms with van der Waals surface area (Å²) < 4.78 is 13.7. The van der Waals surface area contributed by atoms with Crippen molar-refractivity contribution in [3.05, 3.63) is 60.9 Å². The van der Waals surface area contributed by atoms with Crippen molar-refractivity contribution in [1.29, 1.82) is 0 Å². The minimum Gasteiger partial charge on any atom is -0.457 e. The highest BCUT2D eigenvalue weighted by atomic mass is 16.6. The molecule has 2 N–H and O–H groups in total. The number of fused-ring (bicyclic) bond motifs is 3. The average Bonchev–Trinajstić information content (AvgIpc) is 3.55. The fraction of sp³-hybridized carbons (Fsp3) is 0.514. The number of likely N-dealkylation sites (tertiary alicyclic amines) is 2. The largest absolute Gasteiger partial charge is 0.457 e. The van der Waals surface area contributed by atoms with Crippen LogP contribution in [-0.4, -0.2) is 96.5 Å². The van der Waals surface area contributed by atoms with Crippen LogP contribution in [0, 0.1) is 0 Å². The molecule has 4 aliphatic rings. The molecule has 11 nitrogen and oxygen atoms in total. The molecule has 0 aliphatic carbocycles. The van der Waals surface area contributed by atoms with E-state index >= 15 is 0 Å². The first kappa shape index (κ1) is 31.1. The molecule has 4 aromatic rings. The predicted molar refractivity (Wildman–Crippen MR) is 185 cm³/mol. The molecule has 2 bridgehead atoms. The number of para-hydroxylation sites is 1. The van der Waals surface area contributed by atoms with Crippen molar-refractivity contribution in [3.8, 4) is 22.8 Å². The monoisotopic (exact) mass is 650 g/mol. The maximum Gasteiger partial charge on any atom is 0.410 e. The highest BCUT2D eigenvalue weighted by Crippen LogP contribution is 2.42. The Morgan fingerprint density at radius 1 is 0.812 bits per heavy atom. The second-order valence-corrected chi connectivity index (χ2v) is 15.0. The van der Waals surface area contributed by atoms with Crippen molar-refractivity contribution >= 4 is 22.9 Å². The van der Waals surface area contributed by atoms with E-state index in [0.29, 0.717) is 30.0 Å². The van der Waals surface area contributed by atoms with Crippen LogP contribution in [0.1, 0.15) is 65.3 Å². The summed E-state index contributed by atoms with van der Waals surface area (Å²) in [7, 11) is 0. The average molecular weight is 651 g/mol. The van der Waals surface area contributed by atoms with Crippen molar-refractivity contribution in [1.82, 2.24) is 34.4 Å². The van der Waals surface area contributed by atoms with E-state index in [2.05, 4.69) is 24.4 Å². The standard InChI is InChI=1S/C37H46N8O3/c1-37(2,3)48-36(46)43-21-29(22-43)44-26-11-12-27(44)20-28(19-26)42-17-15-25(16-18-42)45-35-32(34(38)39-23-40-35)33(41-45)24-9-13-31(14-10-24)47-30-7-5-4-6-8-30/h4-10,13-14,23,25-29H,11-12,15-22H2,1-3H3,(H2,38,39,40). The van der Waals surface area contributed by atoms with Gasteiger partial charge >= 0.3 is 6.09 Å². The fourth-order valence-electron chi connectivity index (χ4n) is 8.45. The Bertz CT molecular complexity index is 1740. The Labute approximate surface area is 282 Å². The van der Waals surface area contributed by atoms with Gasteiger partial charge in [0.2, 0.25) is 0 Å². The second-order valence-electron chi connectivity index (χ2n) is 15.0. The molecule has 1 amide bonds. The van der Waals surface area contributed by atoms with E-state index in [1.807, 2.05) is 80.3 Å². The molecule has 4 aliphatic heterocycles. The van der Waals surface area contributed by atoms with Gasteiger partial charge in [0, 0.05) is 55.9 Å². The van der Waals surface area contributed by atoms with Gasteiger partial charge in [-0.15, -0.1) is 0 Å². The molecule has 0 radical (unpaired) electrons. The van der Waals surface area contributed by atoms with Crippen LogP contribution in [0.2, 0.25) is 0 Å². The number of aromatic nitrogens is 4. The van der Waals surface area contributed by atoms with Crippen LogP contribution in [0.3, 0.4) is 0 Å². The van der Waals surface area contributed by atoms with Gasteiger partial charge in [-0.1, -0.05) is 18.2 Å². The van der Waals surface area contributed by atoms with Crippen molar-refractivity contribution in [3.63, 3.8) is 0 Å². The molecule has 0 spiro atoms. The van der Waals surface area contributed by atoms with Gasteiger partial charge in [0.1, 0.15) is 34.9 Å². The first-order valence-electron chi connectivity index (χ1n) is 17.5. The number of hydrogen-bond acceptors (Lipinski definition) is 9. The first-order valence-corrected chi connectivity index (χ1v) is 17.5. The molecule has 48 heavy (non-hydrogen) atoms. The normalized spacial score (nSPS) is 24.1. The number of carbonyl (C=O) groups excluding carboxylic acids is 1. The second kappa shape index (κ2) is 12.3. The van der Waals surface area contributed by atoms with Crippen LogP contribution in [0.5, 0.6) is 11.5 Å². The Kier molecular flexibility index (Phi) is 7.99. The number of nitrogens with two attached hydrogens (primary N) is 1. The Morgan fingerprint density at radius 3 is 2.15 bits per heavy atom. The molecule has 2 atom stereocenters. The van der Waals surface area contributed by atoms with Crippen molar-refractivity contribution in [2.75, 3.05) is 31.9 Å². The molecule has 11 heteroatoms. The number of ether oxygens (including phenoxy) is 2. The number of carbonyl (C=O) groups is 1. The zero-order valence-corrected chi connectivity index (χ0v) is 28.2. The molecule has 8 rings (SSSR count). The number of nitrogen functional groups attached to an aromatic ring is 1. The first-order chi connectivity index (χ1) is 23.2. The summed E-state index contributed by atoms with van der Waals surface area (Å²) in [5, 5.41) is 5.95. The van der Waals surface area contributed by atoms with E-state index in [-0.39, 0.29) is 12.1 Å². The van der Waals surface area contributed by atoms with Crippen LogP contribution in [0.15, 0.2) is 60.9 Å². The molecular weight excluding hydrogens is 604 g/mol. The Balaban J connectivity index is 0.913. The van der Waals surface area contributed by atoms with Gasteiger partial charge in [-0.3, -0.25) is 4.90 Å². The molecule has 6 heterocycles. The molecule has 2 aromatic carbocycles. The third kappa shape index (κ3) is 5.98. The Morgan fingerprint density at radius 2 is 1.48 bits per heavy atom. The summed E-state index contributed by atoms with van der Waals surface area (Å²) in [6.07, 6.45) is 8.37. The van der Waals surface area contributed by atoms with Gasteiger partial charge in [-0.05, 0) is 95.7 Å². The summed E-state index contributed by atoms with van der Waals surface area (Å²) >= 11 is 0. The molecule has 2 aromatic heterocycles. The maximum atomic E-state index is 12.5. The lowest BCUT2D eigenvalue weighted by Crippen LogP contribution is -2.66. The van der Waals surface area contributed by atoms with Gasteiger partial charge in [-0.25, -0.2) is 19.4 Å². The van der Waals surface area contributed by atoms with Crippen LogP contribution in [-0.2, 0) is 4.74 Å². The van der Waals surface area contributed by atoms with E-state index in [0.717, 1.165) is 72.8 Å². The van der Waals surface area contributed by atoms with Gasteiger partial charge in [-0.2, -0.15) is 5.10 Å².